The van der Waals surface area contributed by atoms with Crippen LogP contribution in [-0.4, -0.2) is 27.2 Å². The topological polar surface area (TPSA) is 99.8 Å². The lowest BCUT2D eigenvalue weighted by Crippen LogP contribution is -2.21. The Morgan fingerprint density at radius 2 is 2.12 bits per heavy atom. The van der Waals surface area contributed by atoms with E-state index in [0.717, 1.165) is 5.56 Å². The van der Waals surface area contributed by atoms with Crippen LogP contribution in [0.15, 0.2) is 36.9 Å². The zero-order valence-electron chi connectivity index (χ0n) is 9.15. The Labute approximate surface area is 98.3 Å². The minimum Gasteiger partial charge on any atom is -0.366 e. The van der Waals surface area contributed by atoms with Crippen LogP contribution in [0.2, 0.25) is 0 Å². The molecular formula is C11H13N5O. The lowest BCUT2D eigenvalue weighted by molar-refractivity contribution is 0.1000. The van der Waals surface area contributed by atoms with Gasteiger partial charge in [0.05, 0.1) is 17.8 Å². The van der Waals surface area contributed by atoms with E-state index >= 15 is 0 Å². The first kappa shape index (κ1) is 11.3. The molecule has 0 saturated carbocycles. The molecule has 0 radical (unpaired) electrons. The van der Waals surface area contributed by atoms with Crippen molar-refractivity contribution in [3.8, 4) is 0 Å². The van der Waals surface area contributed by atoms with Gasteiger partial charge in [0.2, 0.25) is 0 Å². The third-order valence-electron chi connectivity index (χ3n) is 2.52. The zero-order valence-corrected chi connectivity index (χ0v) is 9.15. The number of nitrogens with two attached hydrogens (primary N) is 2. The molecule has 2 aromatic rings. The molecule has 0 aliphatic heterocycles. The van der Waals surface area contributed by atoms with Crippen LogP contribution < -0.4 is 11.5 Å². The van der Waals surface area contributed by atoms with Crippen molar-refractivity contribution in [1.82, 2.24) is 14.8 Å². The first-order valence-electron chi connectivity index (χ1n) is 5.16. The van der Waals surface area contributed by atoms with Gasteiger partial charge in [-0.15, -0.1) is 0 Å². The molecule has 1 atom stereocenters. The van der Waals surface area contributed by atoms with E-state index in [0.29, 0.717) is 12.1 Å². The van der Waals surface area contributed by atoms with Crippen LogP contribution >= 0.6 is 0 Å². The molecule has 88 valence electrons. The highest BCUT2D eigenvalue weighted by molar-refractivity contribution is 5.92. The normalized spacial score (nSPS) is 12.3. The van der Waals surface area contributed by atoms with E-state index < -0.39 is 5.91 Å². The van der Waals surface area contributed by atoms with Gasteiger partial charge in [-0.25, -0.2) is 0 Å². The Hall–Kier alpha value is -2.21. The van der Waals surface area contributed by atoms with Crippen LogP contribution in [0.1, 0.15) is 22.0 Å². The highest BCUT2D eigenvalue weighted by Gasteiger charge is 2.14. The van der Waals surface area contributed by atoms with Gasteiger partial charge in [-0.1, -0.05) is 0 Å². The second-order valence-electron chi connectivity index (χ2n) is 3.61. The molecule has 0 bridgehead atoms. The lowest BCUT2D eigenvalue weighted by atomic mass is 10.1. The van der Waals surface area contributed by atoms with Crippen LogP contribution in [0.3, 0.4) is 0 Å². The minimum atomic E-state index is -0.498. The van der Waals surface area contributed by atoms with Gasteiger partial charge in [0.25, 0.3) is 5.91 Å². The number of hydrogen-bond acceptors (Lipinski definition) is 4. The van der Waals surface area contributed by atoms with Gasteiger partial charge in [-0.05, 0) is 17.7 Å². The van der Waals surface area contributed by atoms with Crippen LogP contribution in [0.25, 0.3) is 0 Å². The van der Waals surface area contributed by atoms with Gasteiger partial charge in [-0.3, -0.25) is 14.5 Å². The standard InChI is InChI=1S/C11H13N5O/c12-5-10(8-1-3-14-4-2-8)16-7-9(6-15-16)11(13)17/h1-4,6-7,10H,5,12H2,(H2,13,17). The SMILES string of the molecule is NCC(c1ccncc1)n1cc(C(N)=O)cn1. The smallest absolute Gasteiger partial charge is 0.251 e. The van der Waals surface area contributed by atoms with Crippen LogP contribution in [0, 0.1) is 0 Å². The van der Waals surface area contributed by atoms with Gasteiger partial charge >= 0.3 is 0 Å². The molecule has 2 rings (SSSR count). The van der Waals surface area contributed by atoms with Gasteiger partial charge < -0.3 is 11.5 Å². The molecule has 0 aromatic carbocycles. The molecule has 1 amide bonds. The predicted octanol–water partition coefficient (Wildman–Crippen LogP) is -0.0749. The Balaban J connectivity index is 2.32. The van der Waals surface area contributed by atoms with Crippen molar-refractivity contribution in [2.75, 3.05) is 6.54 Å². The van der Waals surface area contributed by atoms with E-state index in [-0.39, 0.29) is 6.04 Å². The molecule has 4 N–H and O–H groups in total. The first-order valence-corrected chi connectivity index (χ1v) is 5.16. The van der Waals surface area contributed by atoms with Crippen molar-refractivity contribution in [2.45, 2.75) is 6.04 Å². The van der Waals surface area contributed by atoms with E-state index in [1.165, 1.54) is 6.20 Å². The molecule has 0 aliphatic carbocycles. The molecular weight excluding hydrogens is 218 g/mol. The number of carbonyl (C=O) groups excluding carboxylic acids is 1. The number of aromatic nitrogens is 3. The minimum absolute atomic E-state index is 0.119. The number of rotatable bonds is 4. The van der Waals surface area contributed by atoms with Crippen LogP contribution in [0.5, 0.6) is 0 Å². The number of hydrogen-bond donors (Lipinski definition) is 2. The summed E-state index contributed by atoms with van der Waals surface area (Å²) >= 11 is 0. The Morgan fingerprint density at radius 1 is 1.41 bits per heavy atom. The largest absolute Gasteiger partial charge is 0.366 e. The van der Waals surface area contributed by atoms with Crippen LogP contribution in [-0.2, 0) is 0 Å². The molecule has 0 fully saturated rings. The summed E-state index contributed by atoms with van der Waals surface area (Å²) < 4.78 is 1.63. The van der Waals surface area contributed by atoms with Gasteiger partial charge in [0.15, 0.2) is 0 Å². The van der Waals surface area contributed by atoms with Crippen molar-refractivity contribution in [3.63, 3.8) is 0 Å². The monoisotopic (exact) mass is 231 g/mol. The van der Waals surface area contributed by atoms with Crippen molar-refractivity contribution >= 4 is 5.91 Å². The van der Waals surface area contributed by atoms with E-state index in [4.69, 9.17) is 11.5 Å². The molecule has 6 nitrogen and oxygen atoms in total. The van der Waals surface area contributed by atoms with Gasteiger partial charge in [-0.2, -0.15) is 5.10 Å². The molecule has 6 heteroatoms. The van der Waals surface area contributed by atoms with E-state index in [9.17, 15) is 4.79 Å². The summed E-state index contributed by atoms with van der Waals surface area (Å²) in [6.45, 7) is 0.379. The van der Waals surface area contributed by atoms with E-state index in [2.05, 4.69) is 10.1 Å². The summed E-state index contributed by atoms with van der Waals surface area (Å²) in [4.78, 5) is 14.9. The number of nitrogens with zero attached hydrogens (tertiary/aromatic N) is 3. The maximum absolute atomic E-state index is 11.0. The maximum Gasteiger partial charge on any atom is 0.251 e. The van der Waals surface area contributed by atoms with E-state index in [1.807, 2.05) is 12.1 Å². The van der Waals surface area contributed by atoms with Crippen molar-refractivity contribution < 1.29 is 4.79 Å². The Kier molecular flexibility index (Phi) is 3.15. The summed E-state index contributed by atoms with van der Waals surface area (Å²) in [6.07, 6.45) is 6.42. The molecule has 0 spiro atoms. The van der Waals surface area contributed by atoms with Crippen molar-refractivity contribution in [1.29, 1.82) is 0 Å². The summed E-state index contributed by atoms with van der Waals surface area (Å²) in [5, 5.41) is 4.10. The molecule has 2 aromatic heterocycles. The quantitative estimate of drug-likeness (QED) is 0.768. The fourth-order valence-electron chi connectivity index (χ4n) is 1.62. The second-order valence-corrected chi connectivity index (χ2v) is 3.61. The number of carbonyl (C=O) groups is 1. The van der Waals surface area contributed by atoms with Gasteiger partial charge in [0, 0.05) is 25.1 Å². The third kappa shape index (κ3) is 2.31. The average Bonchev–Trinajstić information content (AvgIpc) is 2.81. The van der Waals surface area contributed by atoms with Gasteiger partial charge in [0.1, 0.15) is 0 Å². The average molecular weight is 231 g/mol. The summed E-state index contributed by atoms with van der Waals surface area (Å²) in [7, 11) is 0. The number of primary amides is 1. The molecule has 2 heterocycles. The fourth-order valence-corrected chi connectivity index (χ4v) is 1.62. The number of pyridine rings is 1. The zero-order chi connectivity index (χ0) is 12.3. The van der Waals surface area contributed by atoms with E-state index in [1.54, 1.807) is 23.3 Å². The Morgan fingerprint density at radius 3 is 2.65 bits per heavy atom. The highest BCUT2D eigenvalue weighted by atomic mass is 16.1. The van der Waals surface area contributed by atoms with Crippen LogP contribution in [0.4, 0.5) is 0 Å². The fraction of sp³-hybridized carbons (Fsp3) is 0.182. The highest BCUT2D eigenvalue weighted by Crippen LogP contribution is 2.15. The molecule has 1 unspecified atom stereocenters. The second kappa shape index (κ2) is 4.75. The first-order chi connectivity index (χ1) is 8.22. The van der Waals surface area contributed by atoms with Crippen molar-refractivity contribution in [3.05, 3.63) is 48.0 Å². The molecule has 17 heavy (non-hydrogen) atoms. The summed E-state index contributed by atoms with van der Waals surface area (Å²) in [5.41, 5.74) is 12.3. The molecule has 0 saturated heterocycles. The lowest BCUT2D eigenvalue weighted by Gasteiger charge is -2.15. The Bertz CT molecular complexity index is 508. The summed E-state index contributed by atoms with van der Waals surface area (Å²) in [5.74, 6) is -0.498. The predicted molar refractivity (Wildman–Crippen MR) is 62.2 cm³/mol. The number of amides is 1. The molecule has 0 aliphatic rings. The summed E-state index contributed by atoms with van der Waals surface area (Å²) in [6, 6.07) is 3.61. The van der Waals surface area contributed by atoms with Crippen molar-refractivity contribution in [2.24, 2.45) is 11.5 Å². The third-order valence-corrected chi connectivity index (χ3v) is 2.52. The maximum atomic E-state index is 11.0.